The monoisotopic (exact) mass is 465 g/mol. The number of primary amides is 1. The molecular formula is C22H26F3N5O3. The smallest absolute Gasteiger partial charge is 0.393 e. The fraction of sp³-hybridized carbons (Fsp3) is 0.500. The van der Waals surface area contributed by atoms with Gasteiger partial charge in [-0.1, -0.05) is 0 Å². The Morgan fingerprint density at radius 3 is 2.55 bits per heavy atom. The van der Waals surface area contributed by atoms with Crippen LogP contribution in [-0.4, -0.2) is 44.4 Å². The van der Waals surface area contributed by atoms with Crippen molar-refractivity contribution in [3.8, 4) is 5.69 Å². The van der Waals surface area contributed by atoms with Gasteiger partial charge in [0.2, 0.25) is 0 Å². The molecule has 1 fully saturated rings. The van der Waals surface area contributed by atoms with Crippen molar-refractivity contribution in [3.05, 3.63) is 40.7 Å². The summed E-state index contributed by atoms with van der Waals surface area (Å²) >= 11 is 0. The average Bonchev–Trinajstić information content (AvgIpc) is 3.08. The highest BCUT2D eigenvalue weighted by Gasteiger charge is 2.45. The zero-order valence-corrected chi connectivity index (χ0v) is 18.3. The molecule has 4 rings (SSSR count). The van der Waals surface area contributed by atoms with Gasteiger partial charge in [0.05, 0.1) is 28.6 Å². The number of hydrogen-bond donors (Lipinski definition) is 4. The van der Waals surface area contributed by atoms with E-state index < -0.39 is 34.8 Å². The second-order valence-corrected chi connectivity index (χ2v) is 9.34. The third kappa shape index (κ3) is 4.54. The van der Waals surface area contributed by atoms with E-state index in [-0.39, 0.29) is 35.5 Å². The number of amides is 2. The third-order valence-corrected chi connectivity index (χ3v) is 6.11. The minimum absolute atomic E-state index is 0.0243. The van der Waals surface area contributed by atoms with E-state index in [0.29, 0.717) is 31.4 Å². The summed E-state index contributed by atoms with van der Waals surface area (Å²) in [6.45, 7) is 3.44. The fourth-order valence-electron chi connectivity index (χ4n) is 4.54. The van der Waals surface area contributed by atoms with Crippen molar-refractivity contribution in [2.45, 2.75) is 69.8 Å². The molecule has 33 heavy (non-hydrogen) atoms. The second-order valence-electron chi connectivity index (χ2n) is 9.34. The summed E-state index contributed by atoms with van der Waals surface area (Å²) in [6, 6.07) is 4.40. The van der Waals surface area contributed by atoms with E-state index >= 15 is 0 Å². The third-order valence-electron chi connectivity index (χ3n) is 6.11. The SMILES string of the molecule is CC1(C)Cc2c(c(C(F)(F)F)nn2-c2ccc(C(N)=O)c(NC3CCC(O)CC3)c2)C(=O)N1. The number of nitrogens with one attached hydrogen (secondary N) is 2. The van der Waals surface area contributed by atoms with Crippen molar-refractivity contribution in [1.29, 1.82) is 0 Å². The summed E-state index contributed by atoms with van der Waals surface area (Å²) in [7, 11) is 0. The molecule has 0 saturated heterocycles. The summed E-state index contributed by atoms with van der Waals surface area (Å²) in [5.74, 6) is -1.51. The van der Waals surface area contributed by atoms with Crippen LogP contribution < -0.4 is 16.4 Å². The molecule has 2 aromatic rings. The van der Waals surface area contributed by atoms with Gasteiger partial charge in [-0.15, -0.1) is 0 Å². The number of nitrogens with two attached hydrogens (primary N) is 1. The zero-order valence-electron chi connectivity index (χ0n) is 18.3. The second kappa shape index (κ2) is 8.05. The zero-order chi connectivity index (χ0) is 24.1. The number of carbonyl (C=O) groups is 2. The Hall–Kier alpha value is -3.08. The molecule has 11 heteroatoms. The molecule has 2 aliphatic rings. The summed E-state index contributed by atoms with van der Waals surface area (Å²) < 4.78 is 42.3. The van der Waals surface area contributed by atoms with E-state index in [1.807, 2.05) is 0 Å². The van der Waals surface area contributed by atoms with Crippen LogP contribution in [0.4, 0.5) is 18.9 Å². The van der Waals surface area contributed by atoms with Crippen LogP contribution in [0.3, 0.4) is 0 Å². The lowest BCUT2D eigenvalue weighted by atomic mass is 9.90. The van der Waals surface area contributed by atoms with E-state index in [1.54, 1.807) is 13.8 Å². The Morgan fingerprint density at radius 1 is 1.27 bits per heavy atom. The molecule has 1 aromatic carbocycles. The van der Waals surface area contributed by atoms with E-state index in [4.69, 9.17) is 5.73 Å². The van der Waals surface area contributed by atoms with Crippen LogP contribution in [-0.2, 0) is 12.6 Å². The topological polar surface area (TPSA) is 122 Å². The van der Waals surface area contributed by atoms with E-state index in [1.165, 1.54) is 18.2 Å². The summed E-state index contributed by atoms with van der Waals surface area (Å²) in [5.41, 5.74) is 4.00. The van der Waals surface area contributed by atoms with Crippen LogP contribution in [0.1, 0.15) is 71.6 Å². The van der Waals surface area contributed by atoms with Crippen LogP contribution in [0.2, 0.25) is 0 Å². The maximum Gasteiger partial charge on any atom is 0.435 e. The number of halogens is 3. The molecule has 8 nitrogen and oxygen atoms in total. The number of fused-ring (bicyclic) bond motifs is 1. The lowest BCUT2D eigenvalue weighted by molar-refractivity contribution is -0.141. The lowest BCUT2D eigenvalue weighted by Crippen LogP contribution is -2.49. The first kappa shape index (κ1) is 23.1. The molecule has 0 spiro atoms. The van der Waals surface area contributed by atoms with Gasteiger partial charge in [0.1, 0.15) is 0 Å². The number of nitrogens with zero attached hydrogens (tertiary/aromatic N) is 2. The molecular weight excluding hydrogens is 439 g/mol. The highest BCUT2D eigenvalue weighted by atomic mass is 19.4. The van der Waals surface area contributed by atoms with E-state index in [9.17, 15) is 27.9 Å². The number of aliphatic hydroxyl groups excluding tert-OH is 1. The van der Waals surface area contributed by atoms with Crippen molar-refractivity contribution in [2.24, 2.45) is 5.73 Å². The van der Waals surface area contributed by atoms with Crippen LogP contribution in [0.25, 0.3) is 5.69 Å². The molecule has 0 radical (unpaired) electrons. The number of hydrogen-bond acceptors (Lipinski definition) is 5. The standard InChI is InChI=1S/C22H26F3N5O3/c1-21(2)10-16-17(20(33)28-21)18(22(23,24)25)29-30(16)12-5-8-14(19(26)32)15(9-12)27-11-3-6-13(31)7-4-11/h5,8-9,11,13,27,31H,3-4,6-7,10H2,1-2H3,(H2,26,32)(H,28,33). The number of benzene rings is 1. The molecule has 5 N–H and O–H groups in total. The van der Waals surface area contributed by atoms with Crippen molar-refractivity contribution in [1.82, 2.24) is 15.1 Å². The van der Waals surface area contributed by atoms with Crippen LogP contribution in [0, 0.1) is 0 Å². The summed E-state index contributed by atoms with van der Waals surface area (Å²) in [6.07, 6.45) is -2.48. The van der Waals surface area contributed by atoms with Gasteiger partial charge >= 0.3 is 6.18 Å². The number of rotatable bonds is 4. The summed E-state index contributed by atoms with van der Waals surface area (Å²) in [5, 5.41) is 19.4. The normalized spacial score (nSPS) is 22.4. The Bertz CT molecular complexity index is 1100. The van der Waals surface area contributed by atoms with Gasteiger partial charge in [0.15, 0.2) is 5.69 Å². The van der Waals surface area contributed by atoms with Crippen LogP contribution in [0.15, 0.2) is 18.2 Å². The maximum atomic E-state index is 13.7. The molecule has 0 unspecified atom stereocenters. The van der Waals surface area contributed by atoms with Crippen molar-refractivity contribution in [3.63, 3.8) is 0 Å². The maximum absolute atomic E-state index is 13.7. The number of carbonyl (C=O) groups excluding carboxylic acids is 2. The molecule has 1 aromatic heterocycles. The largest absolute Gasteiger partial charge is 0.435 e. The van der Waals surface area contributed by atoms with Gasteiger partial charge in [-0.05, 0) is 57.7 Å². The number of alkyl halides is 3. The van der Waals surface area contributed by atoms with Gasteiger partial charge < -0.3 is 21.5 Å². The number of aromatic nitrogens is 2. The van der Waals surface area contributed by atoms with Gasteiger partial charge in [0, 0.05) is 23.7 Å². The minimum atomic E-state index is -4.81. The molecule has 178 valence electrons. The molecule has 2 amide bonds. The van der Waals surface area contributed by atoms with Crippen LogP contribution >= 0.6 is 0 Å². The van der Waals surface area contributed by atoms with Crippen molar-refractivity contribution < 1.29 is 27.9 Å². The Morgan fingerprint density at radius 2 is 1.94 bits per heavy atom. The van der Waals surface area contributed by atoms with Gasteiger partial charge in [-0.25, -0.2) is 4.68 Å². The quantitative estimate of drug-likeness (QED) is 0.553. The number of aliphatic hydroxyl groups is 1. The van der Waals surface area contributed by atoms with Gasteiger partial charge in [-0.2, -0.15) is 18.3 Å². The molecule has 2 heterocycles. The minimum Gasteiger partial charge on any atom is -0.393 e. The Kier molecular flexibility index (Phi) is 5.63. The Labute approximate surface area is 188 Å². The lowest BCUT2D eigenvalue weighted by Gasteiger charge is -2.31. The number of anilines is 1. The molecule has 0 atom stereocenters. The summed E-state index contributed by atoms with van der Waals surface area (Å²) in [4.78, 5) is 24.5. The van der Waals surface area contributed by atoms with Crippen molar-refractivity contribution >= 4 is 17.5 Å². The van der Waals surface area contributed by atoms with Gasteiger partial charge in [-0.3, -0.25) is 9.59 Å². The molecule has 0 bridgehead atoms. The molecule has 1 aliphatic carbocycles. The predicted molar refractivity (Wildman–Crippen MR) is 114 cm³/mol. The first-order chi connectivity index (χ1) is 15.4. The predicted octanol–water partition coefficient (Wildman–Crippen LogP) is 2.77. The first-order valence-electron chi connectivity index (χ1n) is 10.8. The highest BCUT2D eigenvalue weighted by Crippen LogP contribution is 2.37. The molecule has 1 saturated carbocycles. The average molecular weight is 465 g/mol. The molecule has 1 aliphatic heterocycles. The fourth-order valence-corrected chi connectivity index (χ4v) is 4.54. The van der Waals surface area contributed by atoms with Crippen molar-refractivity contribution in [2.75, 3.05) is 5.32 Å². The first-order valence-corrected chi connectivity index (χ1v) is 10.8. The highest BCUT2D eigenvalue weighted by molar-refractivity contribution is 6.00. The van der Waals surface area contributed by atoms with Gasteiger partial charge in [0.25, 0.3) is 11.8 Å². The van der Waals surface area contributed by atoms with Crippen LogP contribution in [0.5, 0.6) is 0 Å². The Balaban J connectivity index is 1.81. The van der Waals surface area contributed by atoms with E-state index in [2.05, 4.69) is 15.7 Å². The van der Waals surface area contributed by atoms with E-state index in [0.717, 1.165) is 4.68 Å².